The predicted octanol–water partition coefficient (Wildman–Crippen LogP) is 4.62. The lowest BCUT2D eigenvalue weighted by atomic mass is 9.70. The number of benzene rings is 2. The molecule has 3 heterocycles. The molecule has 0 bridgehead atoms. The van der Waals surface area contributed by atoms with Crippen molar-refractivity contribution >= 4 is 29.2 Å². The van der Waals surface area contributed by atoms with Crippen molar-refractivity contribution in [2.75, 3.05) is 25.0 Å². The molecule has 2 saturated heterocycles. The molecular formula is C26H29ClN2O5. The summed E-state index contributed by atoms with van der Waals surface area (Å²) >= 11 is 6.28. The van der Waals surface area contributed by atoms with Gasteiger partial charge in [-0.25, -0.2) is 4.79 Å². The van der Waals surface area contributed by atoms with Gasteiger partial charge in [-0.05, 0) is 69.0 Å². The van der Waals surface area contributed by atoms with Gasteiger partial charge in [-0.2, -0.15) is 0 Å². The third kappa shape index (κ3) is 4.52. The van der Waals surface area contributed by atoms with E-state index in [9.17, 15) is 9.59 Å². The summed E-state index contributed by atoms with van der Waals surface area (Å²) in [7, 11) is 0. The molecule has 0 spiro atoms. The molecule has 34 heavy (non-hydrogen) atoms. The van der Waals surface area contributed by atoms with Gasteiger partial charge in [0.25, 0.3) is 0 Å². The van der Waals surface area contributed by atoms with Crippen LogP contribution in [0.5, 0.6) is 5.75 Å². The fourth-order valence-corrected chi connectivity index (χ4v) is 5.81. The van der Waals surface area contributed by atoms with E-state index in [0.717, 1.165) is 37.2 Å². The van der Waals surface area contributed by atoms with Gasteiger partial charge in [0.1, 0.15) is 11.4 Å². The number of ether oxygens (including phenoxy) is 2. The van der Waals surface area contributed by atoms with Crippen molar-refractivity contribution in [2.45, 2.75) is 44.5 Å². The van der Waals surface area contributed by atoms with E-state index in [1.54, 1.807) is 12.1 Å². The molecule has 0 aromatic heterocycles. The number of aromatic carboxylic acids is 1. The highest BCUT2D eigenvalue weighted by atomic mass is 35.5. The Morgan fingerprint density at radius 1 is 1.24 bits per heavy atom. The molecule has 2 aromatic carbocycles. The maximum Gasteiger partial charge on any atom is 0.335 e. The molecule has 180 valence electrons. The maximum absolute atomic E-state index is 12.7. The minimum atomic E-state index is -1.02. The molecule has 2 aromatic rings. The number of halogens is 1. The highest BCUT2D eigenvalue weighted by Gasteiger charge is 2.51. The van der Waals surface area contributed by atoms with Crippen LogP contribution in [0.15, 0.2) is 42.5 Å². The third-order valence-corrected chi connectivity index (χ3v) is 7.53. The average molecular weight is 485 g/mol. The lowest BCUT2D eigenvalue weighted by Crippen LogP contribution is -2.55. The molecule has 8 heteroatoms. The van der Waals surface area contributed by atoms with Gasteiger partial charge in [0, 0.05) is 35.3 Å². The van der Waals surface area contributed by atoms with Gasteiger partial charge in [-0.15, -0.1) is 0 Å². The highest BCUT2D eigenvalue weighted by molar-refractivity contribution is 6.30. The van der Waals surface area contributed by atoms with E-state index in [0.29, 0.717) is 16.6 Å². The summed E-state index contributed by atoms with van der Waals surface area (Å²) < 4.78 is 13.0. The monoisotopic (exact) mass is 484 g/mol. The van der Waals surface area contributed by atoms with Crippen molar-refractivity contribution in [3.05, 3.63) is 58.6 Å². The van der Waals surface area contributed by atoms with Gasteiger partial charge in [-0.1, -0.05) is 17.7 Å². The number of piperidine rings is 1. The Hall–Kier alpha value is -2.61. The molecule has 3 aliphatic rings. The Labute approximate surface area is 204 Å². The number of fused-ring (bicyclic) bond motifs is 4. The van der Waals surface area contributed by atoms with Crippen molar-refractivity contribution in [1.29, 1.82) is 0 Å². The second-order valence-electron chi connectivity index (χ2n) is 10.0. The Morgan fingerprint density at radius 2 is 2.06 bits per heavy atom. The van der Waals surface area contributed by atoms with Gasteiger partial charge in [0.05, 0.1) is 24.3 Å². The van der Waals surface area contributed by atoms with Crippen molar-refractivity contribution in [3.63, 3.8) is 0 Å². The Kier molecular flexibility index (Phi) is 6.04. The predicted molar refractivity (Wildman–Crippen MR) is 128 cm³/mol. The average Bonchev–Trinajstić information content (AvgIpc) is 2.78. The normalized spacial score (nSPS) is 27.5. The zero-order valence-corrected chi connectivity index (χ0v) is 20.0. The van der Waals surface area contributed by atoms with E-state index in [4.69, 9.17) is 26.2 Å². The number of carboxylic acids is 1. The number of nitrogens with zero attached hydrogens (tertiary/aromatic N) is 1. The van der Waals surface area contributed by atoms with Crippen LogP contribution in [-0.2, 0) is 9.53 Å². The minimum Gasteiger partial charge on any atom is -0.487 e. The number of likely N-dealkylation sites (tertiary alicyclic amines) is 1. The molecule has 1 amide bonds. The zero-order chi connectivity index (χ0) is 24.0. The second-order valence-corrected chi connectivity index (χ2v) is 10.5. The molecule has 0 radical (unpaired) electrons. The van der Waals surface area contributed by atoms with E-state index in [1.165, 1.54) is 12.1 Å². The number of carbonyl (C=O) groups excluding carboxylic acids is 1. The smallest absolute Gasteiger partial charge is 0.335 e. The first-order valence-corrected chi connectivity index (χ1v) is 12.1. The van der Waals surface area contributed by atoms with Crippen LogP contribution in [0, 0.1) is 11.8 Å². The standard InChI is InChI=1S/C26H29ClN2O5/c1-26(2)20-11-16-13-29(14-23(30)28-18-5-3-4-15(10-18)25(31)32)9-8-21(16)33-24(20)19-12-17(27)6-7-22(19)34-26/h3-7,10,12,16,20-21,24H,8-9,11,13-14H2,1-2H3,(H,28,30)(H,31,32)/t16-,20+,21+,24-/m1/s1. The SMILES string of the molecule is CC1(C)Oc2ccc(Cl)cc2[C@H]2O[C@H]3CCN(CC(=O)Nc4cccc(C(=O)O)c4)C[C@H]3C[C@@H]21. The Balaban J connectivity index is 1.25. The number of anilines is 1. The fraction of sp³-hybridized carbons (Fsp3) is 0.462. The van der Waals surface area contributed by atoms with Crippen LogP contribution in [0.25, 0.3) is 0 Å². The highest BCUT2D eigenvalue weighted by Crippen LogP contribution is 2.53. The summed E-state index contributed by atoms with van der Waals surface area (Å²) in [6.45, 7) is 6.03. The summed E-state index contributed by atoms with van der Waals surface area (Å²) in [5.74, 6) is 0.165. The molecule has 0 unspecified atom stereocenters. The quantitative estimate of drug-likeness (QED) is 0.658. The summed E-state index contributed by atoms with van der Waals surface area (Å²) in [6, 6.07) is 12.0. The van der Waals surface area contributed by atoms with Gasteiger partial charge in [0.15, 0.2) is 0 Å². The summed E-state index contributed by atoms with van der Waals surface area (Å²) in [5.41, 5.74) is 1.29. The van der Waals surface area contributed by atoms with E-state index >= 15 is 0 Å². The summed E-state index contributed by atoms with van der Waals surface area (Å²) in [6.07, 6.45) is 1.89. The van der Waals surface area contributed by atoms with Gasteiger partial charge >= 0.3 is 5.97 Å². The van der Waals surface area contributed by atoms with Crippen molar-refractivity contribution in [3.8, 4) is 5.75 Å². The molecular weight excluding hydrogens is 456 g/mol. The Bertz CT molecular complexity index is 1120. The van der Waals surface area contributed by atoms with E-state index in [2.05, 4.69) is 24.1 Å². The first kappa shape index (κ1) is 23.1. The topological polar surface area (TPSA) is 88.1 Å². The van der Waals surface area contributed by atoms with Gasteiger partial charge in [0.2, 0.25) is 5.91 Å². The zero-order valence-electron chi connectivity index (χ0n) is 19.3. The van der Waals surface area contributed by atoms with Crippen LogP contribution in [0.4, 0.5) is 5.69 Å². The van der Waals surface area contributed by atoms with Crippen LogP contribution in [0.3, 0.4) is 0 Å². The number of rotatable bonds is 4. The summed E-state index contributed by atoms with van der Waals surface area (Å²) in [4.78, 5) is 26.0. The molecule has 4 atom stereocenters. The largest absolute Gasteiger partial charge is 0.487 e. The van der Waals surface area contributed by atoms with E-state index in [-0.39, 0.29) is 41.7 Å². The number of amides is 1. The van der Waals surface area contributed by atoms with Crippen molar-refractivity contribution in [2.24, 2.45) is 11.8 Å². The van der Waals surface area contributed by atoms with Crippen LogP contribution in [-0.4, -0.2) is 53.2 Å². The number of hydrogen-bond donors (Lipinski definition) is 2. The van der Waals surface area contributed by atoms with Gasteiger partial charge in [-0.3, -0.25) is 9.69 Å². The first-order valence-electron chi connectivity index (χ1n) is 11.7. The maximum atomic E-state index is 12.7. The number of carboxylic acid groups (broad SMARTS) is 1. The minimum absolute atomic E-state index is 0.0462. The van der Waals surface area contributed by atoms with Crippen molar-refractivity contribution in [1.82, 2.24) is 4.90 Å². The molecule has 0 aliphatic carbocycles. The van der Waals surface area contributed by atoms with Crippen LogP contribution in [0.2, 0.25) is 5.02 Å². The van der Waals surface area contributed by atoms with Crippen LogP contribution < -0.4 is 10.1 Å². The van der Waals surface area contributed by atoms with Crippen LogP contribution in [0.1, 0.15) is 48.7 Å². The van der Waals surface area contributed by atoms with Crippen LogP contribution >= 0.6 is 11.6 Å². The number of hydrogen-bond acceptors (Lipinski definition) is 5. The molecule has 7 nitrogen and oxygen atoms in total. The third-order valence-electron chi connectivity index (χ3n) is 7.30. The van der Waals surface area contributed by atoms with Crippen molar-refractivity contribution < 1.29 is 24.2 Å². The lowest BCUT2D eigenvalue weighted by molar-refractivity contribution is -0.187. The molecule has 0 saturated carbocycles. The molecule has 3 aliphatic heterocycles. The van der Waals surface area contributed by atoms with E-state index < -0.39 is 5.97 Å². The first-order chi connectivity index (χ1) is 16.2. The second kappa shape index (κ2) is 8.87. The molecule has 2 N–H and O–H groups in total. The molecule has 2 fully saturated rings. The molecule has 5 rings (SSSR count). The summed E-state index contributed by atoms with van der Waals surface area (Å²) in [5, 5.41) is 12.7. The van der Waals surface area contributed by atoms with Gasteiger partial charge < -0.3 is 19.9 Å². The number of carbonyl (C=O) groups is 2. The van der Waals surface area contributed by atoms with E-state index in [1.807, 2.05) is 18.2 Å². The lowest BCUT2D eigenvalue weighted by Gasteiger charge is -2.53. The Morgan fingerprint density at radius 3 is 2.85 bits per heavy atom. The number of nitrogens with one attached hydrogen (secondary N) is 1. The fourth-order valence-electron chi connectivity index (χ4n) is 5.63.